The van der Waals surface area contributed by atoms with Crippen molar-refractivity contribution < 1.29 is 18.7 Å². The molecule has 0 atom stereocenters. The minimum absolute atomic E-state index is 0.00837. The Balaban J connectivity index is 1.70. The number of carbonyl (C=O) groups excluding carboxylic acids is 2. The first-order chi connectivity index (χ1) is 13.0. The minimum Gasteiger partial charge on any atom is -0.481 e. The van der Waals surface area contributed by atoms with E-state index in [0.29, 0.717) is 15.7 Å². The molecule has 1 heterocycles. The van der Waals surface area contributed by atoms with E-state index in [1.165, 1.54) is 12.1 Å². The van der Waals surface area contributed by atoms with Crippen molar-refractivity contribution in [2.24, 2.45) is 0 Å². The number of aryl methyl sites for hydroxylation is 1. The third-order valence-corrected chi connectivity index (χ3v) is 4.90. The summed E-state index contributed by atoms with van der Waals surface area (Å²) in [7, 11) is 0. The van der Waals surface area contributed by atoms with E-state index in [-0.39, 0.29) is 18.3 Å². The van der Waals surface area contributed by atoms with E-state index in [9.17, 15) is 14.0 Å². The van der Waals surface area contributed by atoms with Crippen LogP contribution in [0.4, 0.5) is 10.1 Å². The Bertz CT molecular complexity index is 866. The molecule has 2 aromatic rings. The van der Waals surface area contributed by atoms with Crippen LogP contribution < -0.4 is 10.1 Å². The lowest BCUT2D eigenvalue weighted by molar-refractivity contribution is -0.118. The van der Waals surface area contributed by atoms with Crippen molar-refractivity contribution in [2.45, 2.75) is 19.8 Å². The zero-order valence-corrected chi connectivity index (χ0v) is 16.5. The molecule has 2 amide bonds. The molecule has 0 saturated carbocycles. The summed E-state index contributed by atoms with van der Waals surface area (Å²) in [6.07, 6.45) is 1.98. The van der Waals surface area contributed by atoms with E-state index < -0.39 is 11.7 Å². The van der Waals surface area contributed by atoms with Crippen molar-refractivity contribution in [1.29, 1.82) is 0 Å². The standard InChI is InChI=1S/C20H20BrFN2O3/c1-13-5-4-6-16(19(13)20(26)24-9-2-3-10-24)23-18(25)12-27-17-8-7-14(21)11-15(17)22/h4-8,11H,2-3,9-10,12H2,1H3,(H,23,25). The monoisotopic (exact) mass is 434 g/mol. The Morgan fingerprint density at radius 1 is 1.22 bits per heavy atom. The van der Waals surface area contributed by atoms with Gasteiger partial charge in [0.15, 0.2) is 18.2 Å². The average Bonchev–Trinajstić information content (AvgIpc) is 3.15. The van der Waals surface area contributed by atoms with Crippen LogP contribution >= 0.6 is 15.9 Å². The SMILES string of the molecule is Cc1cccc(NC(=O)COc2ccc(Br)cc2F)c1C(=O)N1CCCC1. The van der Waals surface area contributed by atoms with Gasteiger partial charge in [-0.1, -0.05) is 28.1 Å². The first kappa shape index (κ1) is 19.4. The number of halogens is 2. The molecule has 0 radical (unpaired) electrons. The van der Waals surface area contributed by atoms with E-state index in [4.69, 9.17) is 4.74 Å². The number of carbonyl (C=O) groups is 2. The molecule has 1 fully saturated rings. The first-order valence-electron chi connectivity index (χ1n) is 8.72. The van der Waals surface area contributed by atoms with Gasteiger partial charge in [-0.05, 0) is 49.6 Å². The van der Waals surface area contributed by atoms with Crippen LogP contribution in [0.3, 0.4) is 0 Å². The molecule has 0 unspecified atom stereocenters. The van der Waals surface area contributed by atoms with Gasteiger partial charge in [-0.25, -0.2) is 4.39 Å². The van der Waals surface area contributed by atoms with E-state index in [2.05, 4.69) is 21.2 Å². The Hall–Kier alpha value is -2.41. The van der Waals surface area contributed by atoms with E-state index in [0.717, 1.165) is 31.5 Å². The lowest BCUT2D eigenvalue weighted by Gasteiger charge is -2.19. The molecule has 0 aliphatic carbocycles. The third kappa shape index (κ3) is 4.66. The van der Waals surface area contributed by atoms with Crippen molar-refractivity contribution in [3.05, 3.63) is 57.8 Å². The summed E-state index contributed by atoms with van der Waals surface area (Å²) in [5.41, 5.74) is 1.73. The van der Waals surface area contributed by atoms with Crippen molar-refractivity contribution in [3.8, 4) is 5.75 Å². The molecule has 1 aliphatic heterocycles. The number of nitrogens with zero attached hydrogens (tertiary/aromatic N) is 1. The fourth-order valence-electron chi connectivity index (χ4n) is 3.06. The van der Waals surface area contributed by atoms with Gasteiger partial charge in [0.2, 0.25) is 0 Å². The highest BCUT2D eigenvalue weighted by atomic mass is 79.9. The van der Waals surface area contributed by atoms with Gasteiger partial charge in [-0.2, -0.15) is 0 Å². The van der Waals surface area contributed by atoms with Crippen LogP contribution in [0.2, 0.25) is 0 Å². The van der Waals surface area contributed by atoms with E-state index in [1.54, 1.807) is 23.1 Å². The lowest BCUT2D eigenvalue weighted by Crippen LogP contribution is -2.30. The molecule has 7 heteroatoms. The quantitative estimate of drug-likeness (QED) is 0.768. The Morgan fingerprint density at radius 2 is 1.96 bits per heavy atom. The summed E-state index contributed by atoms with van der Waals surface area (Å²) in [6.45, 7) is 2.94. The normalized spacial score (nSPS) is 13.5. The van der Waals surface area contributed by atoms with Crippen LogP contribution in [-0.2, 0) is 4.79 Å². The van der Waals surface area contributed by atoms with Crippen molar-refractivity contribution in [2.75, 3.05) is 25.0 Å². The fourth-order valence-corrected chi connectivity index (χ4v) is 3.39. The van der Waals surface area contributed by atoms with Crippen molar-refractivity contribution >= 4 is 33.4 Å². The highest BCUT2D eigenvalue weighted by Gasteiger charge is 2.24. The molecular weight excluding hydrogens is 415 g/mol. The Morgan fingerprint density at radius 3 is 2.67 bits per heavy atom. The topological polar surface area (TPSA) is 58.6 Å². The summed E-state index contributed by atoms with van der Waals surface area (Å²) in [5, 5.41) is 2.71. The minimum atomic E-state index is -0.558. The first-order valence-corrected chi connectivity index (χ1v) is 9.51. The zero-order chi connectivity index (χ0) is 19.4. The highest BCUT2D eigenvalue weighted by Crippen LogP contribution is 2.24. The molecule has 0 spiro atoms. The Labute approximate surface area is 165 Å². The number of hydrogen-bond acceptors (Lipinski definition) is 3. The second-order valence-electron chi connectivity index (χ2n) is 6.41. The van der Waals surface area contributed by atoms with Crippen LogP contribution in [0.1, 0.15) is 28.8 Å². The number of hydrogen-bond donors (Lipinski definition) is 1. The van der Waals surface area contributed by atoms with Crippen LogP contribution in [-0.4, -0.2) is 36.4 Å². The summed E-state index contributed by atoms with van der Waals surface area (Å²) in [5.74, 6) is -1.11. The largest absolute Gasteiger partial charge is 0.481 e. The van der Waals surface area contributed by atoms with Gasteiger partial charge < -0.3 is 15.0 Å². The molecule has 27 heavy (non-hydrogen) atoms. The molecule has 0 bridgehead atoms. The predicted molar refractivity (Wildman–Crippen MR) is 105 cm³/mol. The number of nitrogens with one attached hydrogen (secondary N) is 1. The maximum absolute atomic E-state index is 13.8. The molecule has 1 N–H and O–H groups in total. The number of benzene rings is 2. The van der Waals surface area contributed by atoms with Gasteiger partial charge in [0, 0.05) is 17.6 Å². The van der Waals surface area contributed by atoms with Crippen LogP contribution in [0.5, 0.6) is 5.75 Å². The summed E-state index contributed by atoms with van der Waals surface area (Å²) >= 11 is 3.17. The second-order valence-corrected chi connectivity index (χ2v) is 7.32. The van der Waals surface area contributed by atoms with Gasteiger partial charge in [0.25, 0.3) is 11.8 Å². The number of amides is 2. The average molecular weight is 435 g/mol. The van der Waals surface area contributed by atoms with Crippen LogP contribution in [0, 0.1) is 12.7 Å². The maximum Gasteiger partial charge on any atom is 0.262 e. The number of anilines is 1. The lowest BCUT2D eigenvalue weighted by atomic mass is 10.0. The summed E-state index contributed by atoms with van der Waals surface area (Å²) in [6, 6.07) is 9.65. The summed E-state index contributed by atoms with van der Waals surface area (Å²) < 4.78 is 19.6. The van der Waals surface area contributed by atoms with Crippen LogP contribution in [0.25, 0.3) is 0 Å². The number of rotatable bonds is 5. The second kappa shape index (κ2) is 8.52. The molecule has 5 nitrogen and oxygen atoms in total. The number of ether oxygens (including phenoxy) is 1. The molecule has 1 saturated heterocycles. The molecule has 142 valence electrons. The smallest absolute Gasteiger partial charge is 0.262 e. The molecule has 1 aliphatic rings. The summed E-state index contributed by atoms with van der Waals surface area (Å²) in [4.78, 5) is 26.9. The number of likely N-dealkylation sites (tertiary alicyclic amines) is 1. The van der Waals surface area contributed by atoms with Crippen LogP contribution in [0.15, 0.2) is 40.9 Å². The molecular formula is C20H20BrFN2O3. The van der Waals surface area contributed by atoms with Gasteiger partial charge in [0.05, 0.1) is 11.3 Å². The Kier molecular flexibility index (Phi) is 6.11. The molecule has 2 aromatic carbocycles. The fraction of sp³-hybridized carbons (Fsp3) is 0.300. The van der Waals surface area contributed by atoms with Crippen molar-refractivity contribution in [3.63, 3.8) is 0 Å². The van der Waals surface area contributed by atoms with E-state index >= 15 is 0 Å². The van der Waals surface area contributed by atoms with Gasteiger partial charge >= 0.3 is 0 Å². The predicted octanol–water partition coefficient (Wildman–Crippen LogP) is 4.15. The molecule has 0 aromatic heterocycles. The van der Waals surface area contributed by atoms with Crippen molar-refractivity contribution in [1.82, 2.24) is 4.90 Å². The zero-order valence-electron chi connectivity index (χ0n) is 14.9. The van der Waals surface area contributed by atoms with Gasteiger partial charge in [-0.3, -0.25) is 9.59 Å². The van der Waals surface area contributed by atoms with Gasteiger partial charge in [-0.15, -0.1) is 0 Å². The van der Waals surface area contributed by atoms with E-state index in [1.807, 2.05) is 13.0 Å². The maximum atomic E-state index is 13.8. The molecule has 3 rings (SSSR count). The highest BCUT2D eigenvalue weighted by molar-refractivity contribution is 9.10. The third-order valence-electron chi connectivity index (χ3n) is 4.41. The van der Waals surface area contributed by atoms with Gasteiger partial charge in [0.1, 0.15) is 0 Å².